The van der Waals surface area contributed by atoms with E-state index in [1.807, 2.05) is 0 Å². The molecule has 17 nitrogen and oxygen atoms in total. The summed E-state index contributed by atoms with van der Waals surface area (Å²) in [7, 11) is -14.1. The molecule has 0 aliphatic heterocycles. The number of anilines is 1. The van der Waals surface area contributed by atoms with E-state index in [1.54, 1.807) is 72.8 Å². The minimum atomic E-state index is -4.97. The number of phenols is 2. The number of azo groups is 2. The van der Waals surface area contributed by atoms with Gasteiger partial charge in [0, 0.05) is 37.2 Å². The van der Waals surface area contributed by atoms with Crippen molar-refractivity contribution in [3.63, 3.8) is 0 Å². The average molecular weight is 886 g/mol. The van der Waals surface area contributed by atoms with Gasteiger partial charge in [0.15, 0.2) is 11.5 Å². The van der Waals surface area contributed by atoms with Crippen molar-refractivity contribution in [2.75, 3.05) is 5.32 Å². The van der Waals surface area contributed by atoms with Crippen LogP contribution in [0.4, 0.5) is 28.4 Å². The fourth-order valence-corrected chi connectivity index (χ4v) is 8.48. The quantitative estimate of drug-likeness (QED) is 0.0522. The maximum absolute atomic E-state index is 13.0. The second kappa shape index (κ2) is 16.2. The first-order chi connectivity index (χ1) is 28.3. The Bertz CT molecular complexity index is 3250. The van der Waals surface area contributed by atoms with Gasteiger partial charge in [0.05, 0.1) is 16.3 Å². The third kappa shape index (κ3) is 9.16. The van der Waals surface area contributed by atoms with Crippen molar-refractivity contribution in [3.8, 4) is 11.5 Å². The van der Waals surface area contributed by atoms with Crippen molar-refractivity contribution < 1.29 is 53.9 Å². The molecule has 7 rings (SSSR count). The van der Waals surface area contributed by atoms with Crippen LogP contribution >= 0.6 is 11.8 Å². The number of nitrogens with zero attached hydrogens (tertiary/aromatic N) is 4. The Balaban J connectivity index is 0.982. The van der Waals surface area contributed by atoms with E-state index < -0.39 is 45.9 Å². The standard InChI is InChI=1S/C39H27N5O12S4/c45-37-32-2-1-3-34(59(51,52)53)31(32)18-19-33(37)43-41-25-6-4-22(5-7-25)39(47)40-24-8-12-27(13-9-24)57-28-14-10-26(11-15-28)42-44-36-30-17-16-29(58(48,49)50)20-23(30)21-35(38(36)46)60(54,55)56/h1-21,45-46H,(H,40,47)(H,48,49,50)(H,51,52,53)(H,54,55,56). The lowest BCUT2D eigenvalue weighted by molar-refractivity contribution is 0.102. The summed E-state index contributed by atoms with van der Waals surface area (Å²) < 4.78 is 99.1. The summed E-state index contributed by atoms with van der Waals surface area (Å²) in [6.07, 6.45) is 0. The number of nitrogens with one attached hydrogen (secondary N) is 1. The number of amides is 1. The number of fused-ring (bicyclic) bond motifs is 2. The molecule has 0 bridgehead atoms. The van der Waals surface area contributed by atoms with E-state index in [-0.39, 0.29) is 49.5 Å². The monoisotopic (exact) mass is 885 g/mol. The molecule has 0 radical (unpaired) electrons. The molecule has 0 saturated heterocycles. The van der Waals surface area contributed by atoms with Crippen LogP contribution < -0.4 is 5.32 Å². The van der Waals surface area contributed by atoms with Gasteiger partial charge < -0.3 is 15.5 Å². The highest BCUT2D eigenvalue weighted by Gasteiger charge is 2.23. The molecule has 7 aromatic rings. The second-order valence-electron chi connectivity index (χ2n) is 12.7. The fourth-order valence-electron chi connectivity index (χ4n) is 5.82. The van der Waals surface area contributed by atoms with Crippen molar-refractivity contribution in [3.05, 3.63) is 133 Å². The highest BCUT2D eigenvalue weighted by molar-refractivity contribution is 7.99. The molecule has 0 fully saturated rings. The number of carbonyl (C=O) groups excluding carboxylic acids is 1. The number of rotatable bonds is 11. The van der Waals surface area contributed by atoms with Gasteiger partial charge in [-0.15, -0.1) is 10.2 Å². The number of hydrogen-bond acceptors (Lipinski definition) is 14. The van der Waals surface area contributed by atoms with Crippen molar-refractivity contribution in [1.29, 1.82) is 0 Å². The lowest BCUT2D eigenvalue weighted by atomic mass is 10.1. The Kier molecular flexibility index (Phi) is 11.2. The van der Waals surface area contributed by atoms with Gasteiger partial charge in [-0.25, -0.2) is 0 Å². The largest absolute Gasteiger partial charge is 0.505 e. The van der Waals surface area contributed by atoms with E-state index >= 15 is 0 Å². The molecule has 6 N–H and O–H groups in total. The molecule has 7 aromatic carbocycles. The molecule has 1 amide bonds. The lowest BCUT2D eigenvalue weighted by Crippen LogP contribution is -2.11. The van der Waals surface area contributed by atoms with Gasteiger partial charge >= 0.3 is 0 Å². The number of phenolic OH excluding ortho intramolecular Hbond substituents is 2. The first kappa shape index (κ1) is 41.6. The first-order valence-electron chi connectivity index (χ1n) is 16.9. The van der Waals surface area contributed by atoms with E-state index in [2.05, 4.69) is 25.8 Å². The number of benzene rings is 7. The number of carbonyl (C=O) groups is 1. The van der Waals surface area contributed by atoms with E-state index in [0.29, 0.717) is 22.6 Å². The summed E-state index contributed by atoms with van der Waals surface area (Å²) in [6.45, 7) is 0. The zero-order valence-electron chi connectivity index (χ0n) is 30.1. The average Bonchev–Trinajstić information content (AvgIpc) is 3.20. The molecule has 0 heterocycles. The van der Waals surface area contributed by atoms with Crippen LogP contribution in [-0.2, 0) is 30.4 Å². The molecule has 0 aliphatic carbocycles. The van der Waals surface area contributed by atoms with Crippen LogP contribution in [0.3, 0.4) is 0 Å². The summed E-state index contributed by atoms with van der Waals surface area (Å²) in [5, 5.41) is 40.7. The highest BCUT2D eigenvalue weighted by atomic mass is 32.2. The summed E-state index contributed by atoms with van der Waals surface area (Å²) in [5.74, 6) is -1.63. The van der Waals surface area contributed by atoms with E-state index in [9.17, 15) is 53.9 Å². The van der Waals surface area contributed by atoms with Gasteiger partial charge in [-0.2, -0.15) is 35.5 Å². The lowest BCUT2D eigenvalue weighted by Gasteiger charge is -2.09. The van der Waals surface area contributed by atoms with Gasteiger partial charge in [-0.3, -0.25) is 18.5 Å². The number of hydrogen-bond donors (Lipinski definition) is 6. The van der Waals surface area contributed by atoms with Gasteiger partial charge in [0.2, 0.25) is 0 Å². The van der Waals surface area contributed by atoms with E-state index in [0.717, 1.165) is 28.0 Å². The maximum Gasteiger partial charge on any atom is 0.298 e. The molecule has 0 saturated carbocycles. The summed E-state index contributed by atoms with van der Waals surface area (Å²) in [5.41, 5.74) is 1.22. The van der Waals surface area contributed by atoms with Crippen LogP contribution in [0.1, 0.15) is 10.4 Å². The molecule has 0 unspecified atom stereocenters. The van der Waals surface area contributed by atoms with Gasteiger partial charge in [-0.05, 0) is 109 Å². The molecule has 60 heavy (non-hydrogen) atoms. The second-order valence-corrected chi connectivity index (χ2v) is 18.0. The van der Waals surface area contributed by atoms with Gasteiger partial charge in [-0.1, -0.05) is 36.0 Å². The smallest absolute Gasteiger partial charge is 0.298 e. The Morgan fingerprint density at radius 3 is 1.73 bits per heavy atom. The van der Waals surface area contributed by atoms with Crippen molar-refractivity contribution in [2.45, 2.75) is 24.5 Å². The minimum Gasteiger partial charge on any atom is -0.505 e. The molecular weight excluding hydrogens is 859 g/mol. The Labute approximate surface area is 345 Å². The van der Waals surface area contributed by atoms with Crippen molar-refractivity contribution in [2.24, 2.45) is 20.5 Å². The molecule has 0 atom stereocenters. The van der Waals surface area contributed by atoms with Crippen LogP contribution in [0.25, 0.3) is 21.5 Å². The van der Waals surface area contributed by atoms with Crippen LogP contribution in [0.2, 0.25) is 0 Å². The molecule has 21 heteroatoms. The predicted molar refractivity (Wildman–Crippen MR) is 220 cm³/mol. The third-order valence-electron chi connectivity index (χ3n) is 8.70. The van der Waals surface area contributed by atoms with Crippen LogP contribution in [-0.4, -0.2) is 55.0 Å². The topological polar surface area (TPSA) is 282 Å². The molecule has 0 aliphatic rings. The molecule has 0 aromatic heterocycles. The predicted octanol–water partition coefficient (Wildman–Crippen LogP) is 9.38. The summed E-state index contributed by atoms with van der Waals surface area (Å²) in [4.78, 5) is 12.7. The Morgan fingerprint density at radius 1 is 0.533 bits per heavy atom. The Hall–Kier alpha value is -6.59. The molecule has 0 spiro atoms. The molecular formula is C39H27N5O12S4. The summed E-state index contributed by atoms with van der Waals surface area (Å²) >= 11 is 1.40. The minimum absolute atomic E-state index is 0.0577. The van der Waals surface area contributed by atoms with Crippen molar-refractivity contribution >= 4 is 98.0 Å². The zero-order valence-corrected chi connectivity index (χ0v) is 33.4. The molecule has 304 valence electrons. The van der Waals surface area contributed by atoms with E-state index in [4.69, 9.17) is 0 Å². The first-order valence-corrected chi connectivity index (χ1v) is 22.1. The fraction of sp³-hybridized carbons (Fsp3) is 0. The highest BCUT2D eigenvalue weighted by Crippen LogP contribution is 2.42. The zero-order chi connectivity index (χ0) is 43.0. The van der Waals surface area contributed by atoms with Gasteiger partial charge in [0.1, 0.15) is 21.2 Å². The van der Waals surface area contributed by atoms with E-state index in [1.165, 1.54) is 48.2 Å². The summed E-state index contributed by atoms with van der Waals surface area (Å²) in [6, 6.07) is 30.8. The normalized spacial score (nSPS) is 12.4. The van der Waals surface area contributed by atoms with Crippen molar-refractivity contribution in [1.82, 2.24) is 0 Å². The van der Waals surface area contributed by atoms with Crippen LogP contribution in [0.15, 0.2) is 172 Å². The maximum atomic E-state index is 13.0. The number of aromatic hydroxyl groups is 2. The van der Waals surface area contributed by atoms with Crippen LogP contribution in [0.5, 0.6) is 11.5 Å². The van der Waals surface area contributed by atoms with Gasteiger partial charge in [0.25, 0.3) is 36.3 Å². The van der Waals surface area contributed by atoms with Crippen LogP contribution in [0, 0.1) is 0 Å². The third-order valence-corrected chi connectivity index (χ3v) is 12.3. The Morgan fingerprint density at radius 2 is 1.12 bits per heavy atom. The SMILES string of the molecule is O=C(Nc1ccc(Sc2ccc(N=Nc3c(O)c(S(=O)(=O)O)cc4cc(S(=O)(=O)O)ccc34)cc2)cc1)c1ccc(N=Nc2ccc3c(S(=O)(=O)O)cccc3c2O)cc1.